The lowest BCUT2D eigenvalue weighted by atomic mass is 10.1. The molecular formula is C11H20N2O. The van der Waals surface area contributed by atoms with E-state index in [-0.39, 0.29) is 12.1 Å². The number of hydrogen-bond acceptors (Lipinski definition) is 3. The summed E-state index contributed by atoms with van der Waals surface area (Å²) in [5.74, 6) is 0. The second-order valence-corrected chi connectivity index (χ2v) is 3.97. The maximum Gasteiger partial charge on any atom is 0.0725 e. The van der Waals surface area contributed by atoms with E-state index in [9.17, 15) is 0 Å². The molecule has 0 aliphatic heterocycles. The van der Waals surface area contributed by atoms with Crippen LogP contribution in [-0.2, 0) is 4.74 Å². The van der Waals surface area contributed by atoms with Crippen molar-refractivity contribution in [3.63, 3.8) is 0 Å². The standard InChI is InChI=1S/C11H20N2O/c12-8-4-5-9-14-11-7-3-1-2-6-10(11)13/h10-11H,1-7,9,13H2. The van der Waals surface area contributed by atoms with E-state index in [1.54, 1.807) is 0 Å². The van der Waals surface area contributed by atoms with Gasteiger partial charge in [-0.25, -0.2) is 0 Å². The number of hydrogen-bond donors (Lipinski definition) is 1. The molecule has 2 atom stereocenters. The van der Waals surface area contributed by atoms with Crippen LogP contribution in [0.25, 0.3) is 0 Å². The van der Waals surface area contributed by atoms with Gasteiger partial charge in [-0.2, -0.15) is 5.26 Å². The largest absolute Gasteiger partial charge is 0.377 e. The molecule has 0 aromatic heterocycles. The summed E-state index contributed by atoms with van der Waals surface area (Å²) in [6, 6.07) is 2.33. The zero-order valence-corrected chi connectivity index (χ0v) is 8.74. The molecule has 1 saturated carbocycles. The summed E-state index contributed by atoms with van der Waals surface area (Å²) in [7, 11) is 0. The Balaban J connectivity index is 2.17. The van der Waals surface area contributed by atoms with E-state index in [1.165, 1.54) is 19.3 Å². The summed E-state index contributed by atoms with van der Waals surface area (Å²) in [5, 5.41) is 8.37. The lowest BCUT2D eigenvalue weighted by Gasteiger charge is -2.21. The zero-order valence-electron chi connectivity index (χ0n) is 8.74. The van der Waals surface area contributed by atoms with Gasteiger partial charge in [0.2, 0.25) is 0 Å². The molecule has 3 nitrogen and oxygen atoms in total. The van der Waals surface area contributed by atoms with Crippen molar-refractivity contribution in [3.8, 4) is 6.07 Å². The molecule has 2 N–H and O–H groups in total. The molecule has 1 aliphatic rings. The van der Waals surface area contributed by atoms with Gasteiger partial charge in [0, 0.05) is 19.1 Å². The number of unbranched alkanes of at least 4 members (excludes halogenated alkanes) is 1. The van der Waals surface area contributed by atoms with Crippen LogP contribution < -0.4 is 5.73 Å². The smallest absolute Gasteiger partial charge is 0.0725 e. The maximum absolute atomic E-state index is 8.37. The summed E-state index contributed by atoms with van der Waals surface area (Å²) in [4.78, 5) is 0. The summed E-state index contributed by atoms with van der Waals surface area (Å²) in [6.45, 7) is 0.686. The van der Waals surface area contributed by atoms with Crippen LogP contribution in [0.2, 0.25) is 0 Å². The number of ether oxygens (including phenoxy) is 1. The fraction of sp³-hybridized carbons (Fsp3) is 0.909. The second-order valence-electron chi connectivity index (χ2n) is 3.97. The van der Waals surface area contributed by atoms with Gasteiger partial charge < -0.3 is 10.5 Å². The molecular weight excluding hydrogens is 176 g/mol. The molecule has 0 saturated heterocycles. The normalized spacial score (nSPS) is 28.0. The van der Waals surface area contributed by atoms with Crippen LogP contribution in [0, 0.1) is 11.3 Å². The molecule has 0 spiro atoms. The Hall–Kier alpha value is -0.590. The molecule has 0 bridgehead atoms. The number of nitrogens with zero attached hydrogens (tertiary/aromatic N) is 1. The molecule has 1 fully saturated rings. The lowest BCUT2D eigenvalue weighted by molar-refractivity contribution is 0.0304. The molecule has 0 heterocycles. The van der Waals surface area contributed by atoms with Crippen molar-refractivity contribution in [3.05, 3.63) is 0 Å². The molecule has 0 radical (unpaired) electrons. The highest BCUT2D eigenvalue weighted by Gasteiger charge is 2.20. The first-order valence-corrected chi connectivity index (χ1v) is 5.58. The van der Waals surface area contributed by atoms with Crippen molar-refractivity contribution in [1.82, 2.24) is 0 Å². The Bertz CT molecular complexity index is 188. The van der Waals surface area contributed by atoms with Gasteiger partial charge in [-0.3, -0.25) is 0 Å². The summed E-state index contributed by atoms with van der Waals surface area (Å²) in [5.41, 5.74) is 6.00. The second kappa shape index (κ2) is 6.80. The predicted octanol–water partition coefficient (Wildman–Crippen LogP) is 1.97. The van der Waals surface area contributed by atoms with E-state index in [0.29, 0.717) is 13.0 Å². The minimum atomic E-state index is 0.208. The highest BCUT2D eigenvalue weighted by atomic mass is 16.5. The third kappa shape index (κ3) is 4.08. The quantitative estimate of drug-likeness (QED) is 0.552. The lowest BCUT2D eigenvalue weighted by Crippen LogP contribution is -2.35. The molecule has 1 aliphatic carbocycles. The van der Waals surface area contributed by atoms with Gasteiger partial charge >= 0.3 is 0 Å². The summed E-state index contributed by atoms with van der Waals surface area (Å²) in [6.07, 6.45) is 7.58. The first-order valence-electron chi connectivity index (χ1n) is 5.58. The van der Waals surface area contributed by atoms with Crippen molar-refractivity contribution >= 4 is 0 Å². The first kappa shape index (κ1) is 11.5. The number of nitrogens with two attached hydrogens (primary N) is 1. The van der Waals surface area contributed by atoms with Crippen molar-refractivity contribution < 1.29 is 4.74 Å². The number of rotatable bonds is 4. The van der Waals surface area contributed by atoms with Crippen LogP contribution in [-0.4, -0.2) is 18.8 Å². The highest BCUT2D eigenvalue weighted by Crippen LogP contribution is 2.19. The Labute approximate surface area is 86.2 Å². The molecule has 14 heavy (non-hydrogen) atoms. The van der Waals surface area contributed by atoms with Crippen molar-refractivity contribution in [2.24, 2.45) is 5.73 Å². The maximum atomic E-state index is 8.37. The fourth-order valence-corrected chi connectivity index (χ4v) is 1.90. The van der Waals surface area contributed by atoms with Crippen LogP contribution in [0.15, 0.2) is 0 Å². The van der Waals surface area contributed by atoms with Gasteiger partial charge in [-0.1, -0.05) is 19.3 Å². The van der Waals surface area contributed by atoms with Crippen molar-refractivity contribution in [2.45, 2.75) is 57.1 Å². The van der Waals surface area contributed by atoms with Crippen LogP contribution in [0.5, 0.6) is 0 Å². The van der Waals surface area contributed by atoms with Crippen LogP contribution in [0.1, 0.15) is 44.9 Å². The third-order valence-corrected chi connectivity index (χ3v) is 2.77. The Morgan fingerprint density at radius 2 is 2.07 bits per heavy atom. The van der Waals surface area contributed by atoms with Gasteiger partial charge in [-0.05, 0) is 19.3 Å². The molecule has 2 unspecified atom stereocenters. The molecule has 0 amide bonds. The SMILES string of the molecule is N#CCCCOC1CCCCCC1N. The van der Waals surface area contributed by atoms with Crippen molar-refractivity contribution in [1.29, 1.82) is 5.26 Å². The van der Waals surface area contributed by atoms with Gasteiger partial charge in [0.05, 0.1) is 12.2 Å². The van der Waals surface area contributed by atoms with Crippen LogP contribution in [0.4, 0.5) is 0 Å². The predicted molar refractivity (Wildman–Crippen MR) is 55.6 cm³/mol. The molecule has 3 heteroatoms. The van der Waals surface area contributed by atoms with Crippen molar-refractivity contribution in [2.75, 3.05) is 6.61 Å². The van der Waals surface area contributed by atoms with E-state index in [4.69, 9.17) is 15.7 Å². The van der Waals surface area contributed by atoms with E-state index < -0.39 is 0 Å². The Kier molecular flexibility index (Phi) is 5.58. The average molecular weight is 196 g/mol. The molecule has 0 aromatic rings. The topological polar surface area (TPSA) is 59.0 Å². The van der Waals surface area contributed by atoms with E-state index >= 15 is 0 Å². The fourth-order valence-electron chi connectivity index (χ4n) is 1.90. The van der Waals surface area contributed by atoms with E-state index in [0.717, 1.165) is 19.3 Å². The first-order chi connectivity index (χ1) is 6.84. The summed E-state index contributed by atoms with van der Waals surface area (Å²) >= 11 is 0. The van der Waals surface area contributed by atoms with Crippen LogP contribution >= 0.6 is 0 Å². The zero-order chi connectivity index (χ0) is 10.2. The van der Waals surface area contributed by atoms with Gasteiger partial charge in [0.1, 0.15) is 0 Å². The monoisotopic (exact) mass is 196 g/mol. The third-order valence-electron chi connectivity index (χ3n) is 2.77. The molecule has 1 rings (SSSR count). The minimum absolute atomic E-state index is 0.208. The van der Waals surface area contributed by atoms with E-state index in [1.807, 2.05) is 0 Å². The van der Waals surface area contributed by atoms with Crippen LogP contribution in [0.3, 0.4) is 0 Å². The molecule has 80 valence electrons. The Morgan fingerprint density at radius 1 is 1.29 bits per heavy atom. The average Bonchev–Trinajstić information content (AvgIpc) is 2.39. The highest BCUT2D eigenvalue weighted by molar-refractivity contribution is 4.77. The van der Waals surface area contributed by atoms with E-state index in [2.05, 4.69) is 6.07 Å². The van der Waals surface area contributed by atoms with Gasteiger partial charge in [-0.15, -0.1) is 0 Å². The minimum Gasteiger partial charge on any atom is -0.377 e. The Morgan fingerprint density at radius 3 is 2.86 bits per heavy atom. The number of nitriles is 1. The van der Waals surface area contributed by atoms with Gasteiger partial charge in [0.25, 0.3) is 0 Å². The molecule has 0 aromatic carbocycles. The summed E-state index contributed by atoms with van der Waals surface area (Å²) < 4.78 is 5.70. The van der Waals surface area contributed by atoms with Gasteiger partial charge in [0.15, 0.2) is 0 Å².